The van der Waals surface area contributed by atoms with Gasteiger partial charge in [0.05, 0.1) is 23.1 Å². The normalized spacial score (nSPS) is 16.6. The molecular formula is C21H27N5O. The number of hydrogen-bond donors (Lipinski definition) is 1. The van der Waals surface area contributed by atoms with Gasteiger partial charge in [0, 0.05) is 17.4 Å². The molecule has 142 valence electrons. The molecule has 0 aliphatic heterocycles. The molecule has 0 bridgehead atoms. The number of anilines is 1. The van der Waals surface area contributed by atoms with E-state index >= 15 is 0 Å². The molecule has 1 fully saturated rings. The Morgan fingerprint density at radius 2 is 1.96 bits per heavy atom. The fourth-order valence-electron chi connectivity index (χ4n) is 4.16. The van der Waals surface area contributed by atoms with Crippen LogP contribution in [0.2, 0.25) is 0 Å². The molecular weight excluding hydrogens is 338 g/mol. The van der Waals surface area contributed by atoms with Gasteiger partial charge in [-0.25, -0.2) is 4.98 Å². The Hall–Kier alpha value is -2.63. The molecule has 0 radical (unpaired) electrons. The first-order valence-corrected chi connectivity index (χ1v) is 9.83. The number of aryl methyl sites for hydroxylation is 2. The number of carbonyl (C=O) groups is 1. The van der Waals surface area contributed by atoms with Gasteiger partial charge in [-0.05, 0) is 57.9 Å². The number of nitrogens with zero attached hydrogens (tertiary/aromatic N) is 4. The van der Waals surface area contributed by atoms with E-state index in [-0.39, 0.29) is 11.9 Å². The molecule has 0 saturated heterocycles. The monoisotopic (exact) mass is 365 g/mol. The largest absolute Gasteiger partial charge is 0.327 e. The topological polar surface area (TPSA) is 64.7 Å². The standard InChI is InChI=1S/C21H27N5O/c1-14-11-15(2)26(24-14)16(3)21(27)23-17-9-10-20-19(12-17)22-13-25(20)18-7-5-4-6-8-18/h9-13,16,18H,4-8H2,1-3H3,(H,23,27)/t16-/m1/s1. The zero-order valence-electron chi connectivity index (χ0n) is 16.3. The summed E-state index contributed by atoms with van der Waals surface area (Å²) < 4.78 is 4.07. The lowest BCUT2D eigenvalue weighted by Gasteiger charge is -2.23. The van der Waals surface area contributed by atoms with Crippen molar-refractivity contribution in [3.63, 3.8) is 0 Å². The Morgan fingerprint density at radius 1 is 1.19 bits per heavy atom. The van der Waals surface area contributed by atoms with Crippen LogP contribution in [0.25, 0.3) is 11.0 Å². The number of carbonyl (C=O) groups excluding carboxylic acids is 1. The highest BCUT2D eigenvalue weighted by Gasteiger charge is 2.20. The Balaban J connectivity index is 1.52. The van der Waals surface area contributed by atoms with Crippen LogP contribution in [0.3, 0.4) is 0 Å². The van der Waals surface area contributed by atoms with E-state index in [0.717, 1.165) is 28.1 Å². The fourth-order valence-corrected chi connectivity index (χ4v) is 4.16. The van der Waals surface area contributed by atoms with Crippen molar-refractivity contribution in [2.45, 2.75) is 65.0 Å². The van der Waals surface area contributed by atoms with Gasteiger partial charge in [-0.2, -0.15) is 5.10 Å². The molecule has 0 spiro atoms. The third-order valence-corrected chi connectivity index (χ3v) is 5.60. The van der Waals surface area contributed by atoms with Crippen LogP contribution in [0, 0.1) is 13.8 Å². The minimum Gasteiger partial charge on any atom is -0.327 e. The molecule has 0 unspecified atom stereocenters. The molecule has 1 saturated carbocycles. The number of aromatic nitrogens is 4. The first-order chi connectivity index (χ1) is 13.0. The summed E-state index contributed by atoms with van der Waals surface area (Å²) in [6.45, 7) is 5.77. The molecule has 4 rings (SSSR count). The Kier molecular flexibility index (Phi) is 4.72. The Morgan fingerprint density at radius 3 is 2.67 bits per heavy atom. The molecule has 6 heteroatoms. The zero-order chi connectivity index (χ0) is 19.0. The second kappa shape index (κ2) is 7.18. The quantitative estimate of drug-likeness (QED) is 0.737. The number of fused-ring (bicyclic) bond motifs is 1. The number of benzene rings is 1. The van der Waals surface area contributed by atoms with E-state index in [1.54, 1.807) is 4.68 Å². The SMILES string of the molecule is Cc1cc(C)n([C@H](C)C(=O)Nc2ccc3c(c2)ncn3C2CCCCC2)n1. The van der Waals surface area contributed by atoms with Crippen molar-refractivity contribution in [1.29, 1.82) is 0 Å². The van der Waals surface area contributed by atoms with Crippen LogP contribution in [0.5, 0.6) is 0 Å². The Labute approximate surface area is 159 Å². The maximum absolute atomic E-state index is 12.7. The lowest BCUT2D eigenvalue weighted by molar-refractivity contribution is -0.119. The average molecular weight is 365 g/mol. The molecule has 3 aromatic rings. The Bertz CT molecular complexity index is 964. The van der Waals surface area contributed by atoms with Gasteiger partial charge in [0.15, 0.2) is 0 Å². The van der Waals surface area contributed by atoms with Crippen molar-refractivity contribution >= 4 is 22.6 Å². The highest BCUT2D eigenvalue weighted by molar-refractivity contribution is 5.95. The van der Waals surface area contributed by atoms with E-state index < -0.39 is 0 Å². The van der Waals surface area contributed by atoms with E-state index in [4.69, 9.17) is 0 Å². The smallest absolute Gasteiger partial charge is 0.248 e. The van der Waals surface area contributed by atoms with Crippen LogP contribution < -0.4 is 5.32 Å². The van der Waals surface area contributed by atoms with Crippen molar-refractivity contribution < 1.29 is 4.79 Å². The number of rotatable bonds is 4. The van der Waals surface area contributed by atoms with Gasteiger partial charge >= 0.3 is 0 Å². The molecule has 1 aliphatic carbocycles. The van der Waals surface area contributed by atoms with E-state index in [2.05, 4.69) is 26.0 Å². The summed E-state index contributed by atoms with van der Waals surface area (Å²) in [5, 5.41) is 7.43. The number of nitrogens with one attached hydrogen (secondary N) is 1. The lowest BCUT2D eigenvalue weighted by atomic mass is 9.95. The molecule has 1 N–H and O–H groups in total. The van der Waals surface area contributed by atoms with Crippen LogP contribution in [0.15, 0.2) is 30.6 Å². The van der Waals surface area contributed by atoms with Gasteiger partial charge in [-0.1, -0.05) is 19.3 Å². The third-order valence-electron chi connectivity index (χ3n) is 5.60. The van der Waals surface area contributed by atoms with Gasteiger partial charge in [0.2, 0.25) is 5.91 Å². The minimum atomic E-state index is -0.366. The molecule has 1 aromatic carbocycles. The third kappa shape index (κ3) is 3.48. The van der Waals surface area contributed by atoms with Crippen LogP contribution >= 0.6 is 0 Å². The van der Waals surface area contributed by atoms with E-state index in [9.17, 15) is 4.79 Å². The van der Waals surface area contributed by atoms with Gasteiger partial charge in [-0.3, -0.25) is 9.48 Å². The van der Waals surface area contributed by atoms with E-state index in [1.165, 1.54) is 32.1 Å². The van der Waals surface area contributed by atoms with Gasteiger partial charge in [0.1, 0.15) is 6.04 Å². The molecule has 2 aromatic heterocycles. The van der Waals surface area contributed by atoms with Crippen LogP contribution in [-0.2, 0) is 4.79 Å². The molecule has 6 nitrogen and oxygen atoms in total. The highest BCUT2D eigenvalue weighted by Crippen LogP contribution is 2.31. The number of amides is 1. The van der Waals surface area contributed by atoms with Crippen LogP contribution in [0.4, 0.5) is 5.69 Å². The summed E-state index contributed by atoms with van der Waals surface area (Å²) >= 11 is 0. The number of hydrogen-bond acceptors (Lipinski definition) is 3. The summed E-state index contributed by atoms with van der Waals surface area (Å²) in [5.74, 6) is -0.0766. The van der Waals surface area contributed by atoms with Crippen molar-refractivity contribution in [3.8, 4) is 0 Å². The maximum Gasteiger partial charge on any atom is 0.248 e. The van der Waals surface area contributed by atoms with Crippen molar-refractivity contribution in [2.75, 3.05) is 5.32 Å². The molecule has 2 heterocycles. The summed E-state index contributed by atoms with van der Waals surface area (Å²) in [6.07, 6.45) is 8.33. The molecule has 1 amide bonds. The van der Waals surface area contributed by atoms with E-state index in [0.29, 0.717) is 6.04 Å². The lowest BCUT2D eigenvalue weighted by Crippen LogP contribution is -2.25. The highest BCUT2D eigenvalue weighted by atomic mass is 16.2. The maximum atomic E-state index is 12.7. The second-order valence-electron chi connectivity index (χ2n) is 7.68. The summed E-state index contributed by atoms with van der Waals surface area (Å²) in [4.78, 5) is 17.2. The van der Waals surface area contributed by atoms with Crippen LogP contribution in [0.1, 0.15) is 62.5 Å². The van der Waals surface area contributed by atoms with Gasteiger partial charge in [-0.15, -0.1) is 0 Å². The first kappa shape index (κ1) is 17.8. The molecule has 27 heavy (non-hydrogen) atoms. The zero-order valence-corrected chi connectivity index (χ0v) is 16.3. The molecule has 1 atom stereocenters. The predicted molar refractivity (Wildman–Crippen MR) is 107 cm³/mol. The van der Waals surface area contributed by atoms with Gasteiger partial charge < -0.3 is 9.88 Å². The predicted octanol–water partition coefficient (Wildman–Crippen LogP) is 4.55. The van der Waals surface area contributed by atoms with Crippen LogP contribution in [-0.4, -0.2) is 25.2 Å². The van der Waals surface area contributed by atoms with Crippen molar-refractivity contribution in [1.82, 2.24) is 19.3 Å². The molecule has 1 aliphatic rings. The summed E-state index contributed by atoms with van der Waals surface area (Å²) in [7, 11) is 0. The fraction of sp³-hybridized carbons (Fsp3) is 0.476. The number of imidazole rings is 1. The second-order valence-corrected chi connectivity index (χ2v) is 7.68. The summed E-state index contributed by atoms with van der Waals surface area (Å²) in [6, 6.07) is 8.16. The van der Waals surface area contributed by atoms with Crippen molar-refractivity contribution in [2.24, 2.45) is 0 Å². The summed E-state index contributed by atoms with van der Waals surface area (Å²) in [5.41, 5.74) is 4.75. The first-order valence-electron chi connectivity index (χ1n) is 9.83. The average Bonchev–Trinajstić information content (AvgIpc) is 3.24. The van der Waals surface area contributed by atoms with E-state index in [1.807, 2.05) is 45.3 Å². The van der Waals surface area contributed by atoms with Gasteiger partial charge in [0.25, 0.3) is 0 Å². The van der Waals surface area contributed by atoms with Crippen molar-refractivity contribution in [3.05, 3.63) is 42.0 Å². The minimum absolute atomic E-state index is 0.0766.